The standard InChI is InChI=1S/C19H27F3N6O2/c1-23-18(25-7-12-30-17-15(19(20,21)22)3-2-6-24-17)28-10-8-27(9-11-28)13-16(29)26-14-4-5-14/h2-3,6,14H,4-5,7-13H2,1H3,(H,23,25)(H,26,29). The van der Waals surface area contributed by atoms with E-state index < -0.39 is 17.6 Å². The highest BCUT2D eigenvalue weighted by molar-refractivity contribution is 5.80. The Bertz CT molecular complexity index is 746. The van der Waals surface area contributed by atoms with Crippen molar-refractivity contribution >= 4 is 11.9 Å². The van der Waals surface area contributed by atoms with Crippen LogP contribution in [0.3, 0.4) is 0 Å². The highest BCUT2D eigenvalue weighted by Crippen LogP contribution is 2.34. The number of hydrogen-bond donors (Lipinski definition) is 2. The minimum Gasteiger partial charge on any atom is -0.475 e. The molecule has 1 aliphatic carbocycles. The zero-order chi connectivity index (χ0) is 21.6. The Morgan fingerprint density at radius 1 is 1.30 bits per heavy atom. The van der Waals surface area contributed by atoms with Gasteiger partial charge in [0.25, 0.3) is 0 Å². The third kappa shape index (κ3) is 6.48. The minimum atomic E-state index is -4.51. The van der Waals surface area contributed by atoms with E-state index in [0.717, 1.165) is 32.0 Å². The number of piperazine rings is 1. The normalized spacial score (nSPS) is 18.3. The molecule has 2 fully saturated rings. The predicted molar refractivity (Wildman–Crippen MR) is 105 cm³/mol. The third-order valence-corrected chi connectivity index (χ3v) is 4.89. The molecule has 1 aromatic heterocycles. The molecule has 11 heteroatoms. The lowest BCUT2D eigenvalue weighted by atomic mass is 10.2. The molecule has 1 saturated carbocycles. The molecule has 0 bridgehead atoms. The smallest absolute Gasteiger partial charge is 0.421 e. The molecule has 0 atom stereocenters. The van der Waals surface area contributed by atoms with Gasteiger partial charge in [-0.3, -0.25) is 14.7 Å². The van der Waals surface area contributed by atoms with E-state index >= 15 is 0 Å². The van der Waals surface area contributed by atoms with E-state index in [2.05, 4.69) is 30.4 Å². The second-order valence-corrected chi connectivity index (χ2v) is 7.28. The molecule has 1 aromatic rings. The number of pyridine rings is 1. The summed E-state index contributed by atoms with van der Waals surface area (Å²) in [6, 6.07) is 2.53. The van der Waals surface area contributed by atoms with Crippen LogP contribution >= 0.6 is 0 Å². The largest absolute Gasteiger partial charge is 0.475 e. The molecule has 2 heterocycles. The van der Waals surface area contributed by atoms with Gasteiger partial charge < -0.3 is 20.3 Å². The molecule has 3 rings (SSSR count). The summed E-state index contributed by atoms with van der Waals surface area (Å²) in [6.45, 7) is 3.57. The summed E-state index contributed by atoms with van der Waals surface area (Å²) in [5, 5.41) is 6.09. The van der Waals surface area contributed by atoms with Crippen LogP contribution < -0.4 is 15.4 Å². The van der Waals surface area contributed by atoms with Crippen molar-refractivity contribution in [2.75, 3.05) is 52.9 Å². The molecule has 2 aliphatic rings. The zero-order valence-electron chi connectivity index (χ0n) is 16.9. The van der Waals surface area contributed by atoms with Crippen LogP contribution in [-0.2, 0) is 11.0 Å². The van der Waals surface area contributed by atoms with Crippen molar-refractivity contribution in [1.29, 1.82) is 0 Å². The lowest BCUT2D eigenvalue weighted by Crippen LogP contribution is -2.54. The number of aliphatic imine (C=N–C) groups is 1. The van der Waals surface area contributed by atoms with Crippen LogP contribution in [0.2, 0.25) is 0 Å². The number of hydrogen-bond acceptors (Lipinski definition) is 5. The molecule has 1 saturated heterocycles. The van der Waals surface area contributed by atoms with Crippen LogP contribution in [0, 0.1) is 0 Å². The number of carbonyl (C=O) groups excluding carboxylic acids is 1. The highest BCUT2D eigenvalue weighted by atomic mass is 19.4. The van der Waals surface area contributed by atoms with Gasteiger partial charge >= 0.3 is 6.18 Å². The van der Waals surface area contributed by atoms with Crippen molar-refractivity contribution in [3.05, 3.63) is 23.9 Å². The molecule has 1 amide bonds. The average molecular weight is 428 g/mol. The summed E-state index contributed by atoms with van der Waals surface area (Å²) in [6.07, 6.45) is -1.10. The van der Waals surface area contributed by atoms with Gasteiger partial charge in [-0.05, 0) is 25.0 Å². The Balaban J connectivity index is 1.39. The van der Waals surface area contributed by atoms with Crippen molar-refractivity contribution in [3.8, 4) is 5.88 Å². The average Bonchev–Trinajstić information content (AvgIpc) is 3.52. The van der Waals surface area contributed by atoms with Crippen LogP contribution in [-0.4, -0.2) is 85.6 Å². The molecule has 30 heavy (non-hydrogen) atoms. The number of aromatic nitrogens is 1. The molecule has 0 unspecified atom stereocenters. The van der Waals surface area contributed by atoms with Crippen molar-refractivity contribution in [3.63, 3.8) is 0 Å². The number of alkyl halides is 3. The minimum absolute atomic E-state index is 0.0143. The molecule has 166 valence electrons. The second-order valence-electron chi connectivity index (χ2n) is 7.28. The van der Waals surface area contributed by atoms with Gasteiger partial charge in [0.1, 0.15) is 12.2 Å². The maximum absolute atomic E-state index is 13.0. The van der Waals surface area contributed by atoms with E-state index in [-0.39, 0.29) is 19.1 Å². The molecule has 0 spiro atoms. The fourth-order valence-electron chi connectivity index (χ4n) is 3.19. The molecular formula is C19H27F3N6O2. The summed E-state index contributed by atoms with van der Waals surface area (Å²) in [4.78, 5) is 24.0. The first-order chi connectivity index (χ1) is 14.4. The molecule has 2 N–H and O–H groups in total. The number of rotatable bonds is 7. The third-order valence-electron chi connectivity index (χ3n) is 4.89. The summed E-state index contributed by atoms with van der Waals surface area (Å²) in [5.74, 6) is 0.288. The van der Waals surface area contributed by atoms with Gasteiger partial charge in [-0.25, -0.2) is 4.98 Å². The van der Waals surface area contributed by atoms with Gasteiger partial charge in [0.05, 0.1) is 13.1 Å². The van der Waals surface area contributed by atoms with Gasteiger partial charge in [-0.1, -0.05) is 0 Å². The molecule has 0 radical (unpaired) electrons. The SMILES string of the molecule is CN=C(NCCOc1ncccc1C(F)(F)F)N1CCN(CC(=O)NC2CC2)CC1. The Labute approximate surface area is 173 Å². The van der Waals surface area contributed by atoms with E-state index in [1.54, 1.807) is 7.05 Å². The number of nitrogens with one attached hydrogen (secondary N) is 2. The summed E-state index contributed by atoms with van der Waals surface area (Å²) in [5.41, 5.74) is -0.892. The molecular weight excluding hydrogens is 401 g/mol. The topological polar surface area (TPSA) is 82.1 Å². The lowest BCUT2D eigenvalue weighted by molar-refractivity contribution is -0.139. The van der Waals surface area contributed by atoms with Crippen LogP contribution in [0.25, 0.3) is 0 Å². The summed E-state index contributed by atoms with van der Waals surface area (Å²) < 4.78 is 44.1. The highest BCUT2D eigenvalue weighted by Gasteiger charge is 2.35. The van der Waals surface area contributed by atoms with E-state index in [1.807, 2.05) is 0 Å². The van der Waals surface area contributed by atoms with Crippen molar-refractivity contribution in [2.24, 2.45) is 4.99 Å². The zero-order valence-corrected chi connectivity index (χ0v) is 16.9. The van der Waals surface area contributed by atoms with Crippen molar-refractivity contribution < 1.29 is 22.7 Å². The summed E-state index contributed by atoms with van der Waals surface area (Å²) >= 11 is 0. The fraction of sp³-hybridized carbons (Fsp3) is 0.632. The van der Waals surface area contributed by atoms with Gasteiger partial charge in [0.15, 0.2) is 5.96 Å². The van der Waals surface area contributed by atoms with Gasteiger partial charge in [-0.2, -0.15) is 13.2 Å². The van der Waals surface area contributed by atoms with Crippen molar-refractivity contribution in [1.82, 2.24) is 25.4 Å². The fourth-order valence-corrected chi connectivity index (χ4v) is 3.19. The Morgan fingerprint density at radius 2 is 2.03 bits per heavy atom. The van der Waals surface area contributed by atoms with Crippen LogP contribution in [0.4, 0.5) is 13.2 Å². The molecule has 1 aliphatic heterocycles. The first-order valence-corrected chi connectivity index (χ1v) is 9.99. The van der Waals surface area contributed by atoms with Crippen molar-refractivity contribution in [2.45, 2.75) is 25.1 Å². The first kappa shape index (κ1) is 22.1. The number of halogens is 3. The van der Waals surface area contributed by atoms with E-state index in [0.29, 0.717) is 31.6 Å². The Kier molecular flexibility index (Phi) is 7.35. The van der Waals surface area contributed by atoms with Crippen LogP contribution in [0.15, 0.2) is 23.3 Å². The number of guanidine groups is 1. The van der Waals surface area contributed by atoms with E-state index in [4.69, 9.17) is 4.74 Å². The quantitative estimate of drug-likeness (QED) is 0.382. The summed E-state index contributed by atoms with van der Waals surface area (Å²) in [7, 11) is 1.65. The van der Waals surface area contributed by atoms with E-state index in [1.165, 1.54) is 12.3 Å². The maximum atomic E-state index is 13.0. The predicted octanol–water partition coefficient (Wildman–Crippen LogP) is 0.951. The van der Waals surface area contributed by atoms with Gasteiger partial charge in [0, 0.05) is 45.5 Å². The number of amides is 1. The lowest BCUT2D eigenvalue weighted by Gasteiger charge is -2.36. The molecule has 0 aromatic carbocycles. The monoisotopic (exact) mass is 428 g/mol. The Hall–Kier alpha value is -2.56. The Morgan fingerprint density at radius 3 is 2.67 bits per heavy atom. The van der Waals surface area contributed by atoms with Gasteiger partial charge in [0.2, 0.25) is 11.8 Å². The first-order valence-electron chi connectivity index (χ1n) is 9.99. The van der Waals surface area contributed by atoms with Crippen LogP contribution in [0.5, 0.6) is 5.88 Å². The second kappa shape index (κ2) is 9.96. The van der Waals surface area contributed by atoms with E-state index in [9.17, 15) is 18.0 Å². The van der Waals surface area contributed by atoms with Gasteiger partial charge in [-0.15, -0.1) is 0 Å². The number of ether oxygens (including phenoxy) is 1. The molecule has 8 nitrogen and oxygen atoms in total. The maximum Gasteiger partial charge on any atom is 0.421 e. The number of carbonyl (C=O) groups is 1. The van der Waals surface area contributed by atoms with Crippen LogP contribution in [0.1, 0.15) is 18.4 Å². The number of nitrogens with zero attached hydrogens (tertiary/aromatic N) is 4.